The highest BCUT2D eigenvalue weighted by Gasteiger charge is 2.24. The normalized spacial score (nSPS) is 16.3. The molecule has 1 N–H and O–H groups in total. The zero-order valence-corrected chi connectivity index (χ0v) is 17.0. The number of nitrogens with zero attached hydrogens (tertiary/aromatic N) is 2. The van der Waals surface area contributed by atoms with Gasteiger partial charge in [-0.3, -0.25) is 14.9 Å². The number of aryl methyl sites for hydroxylation is 2. The molecule has 0 atom stereocenters. The van der Waals surface area contributed by atoms with E-state index in [9.17, 15) is 14.9 Å². The van der Waals surface area contributed by atoms with Crippen LogP contribution in [0, 0.1) is 24.0 Å². The van der Waals surface area contributed by atoms with Crippen LogP contribution in [0.3, 0.4) is 0 Å². The molecule has 2 heterocycles. The quantitative estimate of drug-likeness (QED) is 0.349. The highest BCUT2D eigenvalue weighted by Crippen LogP contribution is 2.31. The molecular weight excluding hydrogens is 402 g/mol. The molecule has 0 aliphatic carbocycles. The number of nitro groups is 1. The fourth-order valence-electron chi connectivity index (χ4n) is 3.08. The molecule has 150 valence electrons. The van der Waals surface area contributed by atoms with Gasteiger partial charge in [-0.15, -0.1) is 0 Å². The van der Waals surface area contributed by atoms with Gasteiger partial charge >= 0.3 is 0 Å². The summed E-state index contributed by atoms with van der Waals surface area (Å²) in [7, 11) is 0. The molecule has 1 aliphatic rings. The number of hydrogen-bond acceptors (Lipinski definition) is 6. The molecule has 1 aromatic heterocycles. The molecular formula is C22H17N3O4S. The Kier molecular flexibility index (Phi) is 5.24. The average molecular weight is 419 g/mol. The summed E-state index contributed by atoms with van der Waals surface area (Å²) in [5, 5.41) is 14.1. The number of amides is 1. The zero-order chi connectivity index (χ0) is 21.3. The fraction of sp³-hybridized carbons (Fsp3) is 0.0909. The molecule has 7 nitrogen and oxygen atoms in total. The van der Waals surface area contributed by atoms with Crippen molar-refractivity contribution in [1.82, 2.24) is 5.32 Å². The number of nitro benzene ring substituents is 1. The van der Waals surface area contributed by atoms with Gasteiger partial charge in [0.15, 0.2) is 5.17 Å². The van der Waals surface area contributed by atoms with E-state index in [0.717, 1.165) is 16.8 Å². The monoisotopic (exact) mass is 419 g/mol. The van der Waals surface area contributed by atoms with Gasteiger partial charge in [0.05, 0.1) is 15.5 Å². The van der Waals surface area contributed by atoms with Crippen molar-refractivity contribution in [3.05, 3.63) is 86.5 Å². The van der Waals surface area contributed by atoms with Crippen molar-refractivity contribution in [1.29, 1.82) is 0 Å². The van der Waals surface area contributed by atoms with Crippen molar-refractivity contribution in [2.24, 2.45) is 4.99 Å². The van der Waals surface area contributed by atoms with Crippen molar-refractivity contribution < 1.29 is 14.1 Å². The Hall–Kier alpha value is -3.65. The smallest absolute Gasteiger partial charge is 0.269 e. The molecule has 0 unspecified atom stereocenters. The lowest BCUT2D eigenvalue weighted by Crippen LogP contribution is -2.19. The van der Waals surface area contributed by atoms with Gasteiger partial charge in [0.2, 0.25) is 0 Å². The Morgan fingerprint density at radius 1 is 1.07 bits per heavy atom. The summed E-state index contributed by atoms with van der Waals surface area (Å²) >= 11 is 1.25. The Morgan fingerprint density at radius 2 is 1.77 bits per heavy atom. The molecule has 30 heavy (non-hydrogen) atoms. The fourth-order valence-corrected chi connectivity index (χ4v) is 3.90. The first-order valence-corrected chi connectivity index (χ1v) is 9.91. The van der Waals surface area contributed by atoms with Crippen LogP contribution in [0.2, 0.25) is 0 Å². The molecule has 1 amide bonds. The van der Waals surface area contributed by atoms with E-state index in [4.69, 9.17) is 4.42 Å². The van der Waals surface area contributed by atoms with Crippen LogP contribution in [0.25, 0.3) is 17.4 Å². The summed E-state index contributed by atoms with van der Waals surface area (Å²) in [5.41, 5.74) is 3.73. The number of rotatable bonds is 4. The average Bonchev–Trinajstić information content (AvgIpc) is 3.28. The minimum Gasteiger partial charge on any atom is -0.457 e. The lowest BCUT2D eigenvalue weighted by Gasteiger charge is -2.00. The van der Waals surface area contributed by atoms with Gasteiger partial charge in [-0.1, -0.05) is 6.07 Å². The standard InChI is InChI=1S/C22H17N3O4S/c1-13-9-14(2)11-16(10-13)23-22-24-21(26)20(30-22)12-18-7-8-19(29-18)15-3-5-17(6-4-15)25(27)28/h3-12H,1-2H3,(H,23,24,26)/b20-12-. The summed E-state index contributed by atoms with van der Waals surface area (Å²) < 4.78 is 5.79. The molecule has 0 saturated carbocycles. The first kappa shape index (κ1) is 19.7. The molecule has 1 fully saturated rings. The first-order valence-electron chi connectivity index (χ1n) is 9.10. The van der Waals surface area contributed by atoms with Crippen LogP contribution in [-0.4, -0.2) is 16.0 Å². The maximum absolute atomic E-state index is 12.3. The van der Waals surface area contributed by atoms with Crippen LogP contribution >= 0.6 is 11.8 Å². The van der Waals surface area contributed by atoms with Crippen molar-refractivity contribution in [2.75, 3.05) is 0 Å². The lowest BCUT2D eigenvalue weighted by atomic mass is 10.1. The van der Waals surface area contributed by atoms with Crippen LogP contribution < -0.4 is 5.32 Å². The third-order valence-corrected chi connectivity index (χ3v) is 5.26. The van der Waals surface area contributed by atoms with E-state index in [1.165, 1.54) is 23.9 Å². The summed E-state index contributed by atoms with van der Waals surface area (Å²) in [5.74, 6) is 0.828. The SMILES string of the molecule is Cc1cc(C)cc(N=C2NC(=O)/C(=C/c3ccc(-c4ccc([N+](=O)[O-])cc4)o3)S2)c1. The number of amidine groups is 1. The lowest BCUT2D eigenvalue weighted by molar-refractivity contribution is -0.384. The van der Waals surface area contributed by atoms with Gasteiger partial charge in [0.1, 0.15) is 11.5 Å². The molecule has 0 spiro atoms. The summed E-state index contributed by atoms with van der Waals surface area (Å²) in [6.07, 6.45) is 1.65. The minimum atomic E-state index is -0.450. The van der Waals surface area contributed by atoms with Crippen molar-refractivity contribution in [2.45, 2.75) is 13.8 Å². The summed E-state index contributed by atoms with van der Waals surface area (Å²) in [4.78, 5) is 27.6. The second-order valence-corrected chi connectivity index (χ2v) is 7.86. The number of aliphatic imine (C=N–C) groups is 1. The van der Waals surface area contributed by atoms with Gasteiger partial charge in [0.25, 0.3) is 11.6 Å². The first-order chi connectivity index (χ1) is 14.4. The van der Waals surface area contributed by atoms with Crippen molar-refractivity contribution in [3.8, 4) is 11.3 Å². The van der Waals surface area contributed by atoms with E-state index in [0.29, 0.717) is 27.2 Å². The molecule has 1 aliphatic heterocycles. The maximum atomic E-state index is 12.3. The number of furan rings is 1. The van der Waals surface area contributed by atoms with E-state index < -0.39 is 4.92 Å². The maximum Gasteiger partial charge on any atom is 0.269 e. The second-order valence-electron chi connectivity index (χ2n) is 6.83. The number of hydrogen-bond donors (Lipinski definition) is 1. The molecule has 3 aromatic rings. The topological polar surface area (TPSA) is 97.7 Å². The number of benzene rings is 2. The number of thioether (sulfide) groups is 1. The van der Waals surface area contributed by atoms with Crippen LogP contribution in [0.1, 0.15) is 16.9 Å². The van der Waals surface area contributed by atoms with Crippen LogP contribution in [-0.2, 0) is 4.79 Å². The van der Waals surface area contributed by atoms with E-state index in [-0.39, 0.29) is 11.6 Å². The molecule has 0 bridgehead atoms. The number of non-ortho nitro benzene ring substituents is 1. The Morgan fingerprint density at radius 3 is 2.43 bits per heavy atom. The zero-order valence-electron chi connectivity index (χ0n) is 16.2. The molecule has 1 saturated heterocycles. The summed E-state index contributed by atoms with van der Waals surface area (Å²) in [6.45, 7) is 4.00. The van der Waals surface area contributed by atoms with Crippen LogP contribution in [0.4, 0.5) is 11.4 Å². The highest BCUT2D eigenvalue weighted by molar-refractivity contribution is 8.18. The summed E-state index contributed by atoms with van der Waals surface area (Å²) in [6, 6.07) is 15.6. The van der Waals surface area contributed by atoms with Gasteiger partial charge < -0.3 is 9.73 Å². The van der Waals surface area contributed by atoms with Crippen LogP contribution in [0.15, 0.2) is 68.9 Å². The molecule has 2 aromatic carbocycles. The second kappa shape index (κ2) is 8.00. The molecule has 0 radical (unpaired) electrons. The molecule has 8 heteroatoms. The van der Waals surface area contributed by atoms with Gasteiger partial charge in [-0.25, -0.2) is 4.99 Å². The van der Waals surface area contributed by atoms with E-state index in [1.807, 2.05) is 26.0 Å². The predicted molar refractivity (Wildman–Crippen MR) is 118 cm³/mol. The Labute approximate surface area is 176 Å². The van der Waals surface area contributed by atoms with E-state index in [1.54, 1.807) is 30.3 Å². The van der Waals surface area contributed by atoms with Crippen molar-refractivity contribution >= 4 is 40.3 Å². The van der Waals surface area contributed by atoms with Gasteiger partial charge in [0, 0.05) is 23.8 Å². The Bertz CT molecular complexity index is 1190. The Balaban J connectivity index is 1.53. The minimum absolute atomic E-state index is 0.0160. The number of nitrogens with one attached hydrogen (secondary N) is 1. The van der Waals surface area contributed by atoms with E-state index >= 15 is 0 Å². The molecule has 4 rings (SSSR count). The third kappa shape index (κ3) is 4.33. The number of carbonyl (C=O) groups excluding carboxylic acids is 1. The van der Waals surface area contributed by atoms with Gasteiger partial charge in [-0.2, -0.15) is 0 Å². The highest BCUT2D eigenvalue weighted by atomic mass is 32.2. The third-order valence-electron chi connectivity index (χ3n) is 4.35. The predicted octanol–water partition coefficient (Wildman–Crippen LogP) is 5.36. The van der Waals surface area contributed by atoms with Crippen LogP contribution in [0.5, 0.6) is 0 Å². The van der Waals surface area contributed by atoms with Crippen molar-refractivity contribution in [3.63, 3.8) is 0 Å². The number of carbonyl (C=O) groups is 1. The van der Waals surface area contributed by atoms with E-state index in [2.05, 4.69) is 16.4 Å². The largest absolute Gasteiger partial charge is 0.457 e. The van der Waals surface area contributed by atoms with Gasteiger partial charge in [-0.05, 0) is 73.1 Å².